The van der Waals surface area contributed by atoms with Crippen LogP contribution in [0.4, 0.5) is 0 Å². The number of carbonyl (C=O) groups excluding carboxylic acids is 1. The van der Waals surface area contributed by atoms with E-state index in [4.69, 9.17) is 16.0 Å². The molecule has 3 nitrogen and oxygen atoms in total. The first-order valence-electron chi connectivity index (χ1n) is 6.99. The molecule has 0 aliphatic heterocycles. The Kier molecular flexibility index (Phi) is 7.77. The van der Waals surface area contributed by atoms with Crippen LogP contribution < -0.4 is 5.32 Å². The van der Waals surface area contributed by atoms with Gasteiger partial charge in [-0.05, 0) is 36.4 Å². The van der Waals surface area contributed by atoms with Crippen molar-refractivity contribution < 1.29 is 9.21 Å². The highest BCUT2D eigenvalue weighted by atomic mass is 35.5. The Balaban J connectivity index is 1.50. The van der Waals surface area contributed by atoms with Gasteiger partial charge >= 0.3 is 0 Å². The minimum absolute atomic E-state index is 0.0973. The average Bonchev–Trinajstić information content (AvgIpc) is 3.02. The van der Waals surface area contributed by atoms with Gasteiger partial charge in [-0.15, -0.1) is 11.8 Å². The number of rotatable bonds is 9. The average molecular weight is 356 g/mol. The quantitative estimate of drug-likeness (QED) is 0.532. The van der Waals surface area contributed by atoms with Crippen molar-refractivity contribution in [3.63, 3.8) is 0 Å². The van der Waals surface area contributed by atoms with Gasteiger partial charge in [0.25, 0.3) is 0 Å². The first-order chi connectivity index (χ1) is 10.7. The number of hydrogen-bond acceptors (Lipinski definition) is 4. The second kappa shape index (κ2) is 9.87. The van der Waals surface area contributed by atoms with Crippen LogP contribution >= 0.6 is 35.1 Å². The van der Waals surface area contributed by atoms with E-state index in [0.29, 0.717) is 13.0 Å². The summed E-state index contributed by atoms with van der Waals surface area (Å²) in [6.45, 7) is 0.690. The topological polar surface area (TPSA) is 42.2 Å². The van der Waals surface area contributed by atoms with Gasteiger partial charge < -0.3 is 9.73 Å². The van der Waals surface area contributed by atoms with E-state index in [-0.39, 0.29) is 5.91 Å². The van der Waals surface area contributed by atoms with Crippen molar-refractivity contribution in [2.45, 2.75) is 17.1 Å². The largest absolute Gasteiger partial charge is 0.468 e. The van der Waals surface area contributed by atoms with Crippen molar-refractivity contribution in [1.29, 1.82) is 0 Å². The number of amides is 1. The predicted molar refractivity (Wildman–Crippen MR) is 94.7 cm³/mol. The molecular weight excluding hydrogens is 338 g/mol. The molecule has 118 valence electrons. The lowest BCUT2D eigenvalue weighted by Gasteiger charge is -2.05. The molecule has 0 fully saturated rings. The second-order valence-corrected chi connectivity index (χ2v) is 7.24. The Morgan fingerprint density at radius 3 is 2.73 bits per heavy atom. The van der Waals surface area contributed by atoms with Crippen LogP contribution in [0.3, 0.4) is 0 Å². The van der Waals surface area contributed by atoms with Gasteiger partial charge in [0.2, 0.25) is 5.91 Å². The van der Waals surface area contributed by atoms with Gasteiger partial charge in [-0.25, -0.2) is 0 Å². The Morgan fingerprint density at radius 2 is 2.00 bits per heavy atom. The third kappa shape index (κ3) is 6.81. The van der Waals surface area contributed by atoms with E-state index in [1.165, 1.54) is 0 Å². The molecule has 1 heterocycles. The summed E-state index contributed by atoms with van der Waals surface area (Å²) >= 11 is 9.24. The molecule has 0 spiro atoms. The number of thioether (sulfide) groups is 2. The first-order valence-corrected chi connectivity index (χ1v) is 9.51. The lowest BCUT2D eigenvalue weighted by Crippen LogP contribution is -2.25. The smallest absolute Gasteiger partial charge is 0.220 e. The monoisotopic (exact) mass is 355 g/mol. The molecule has 0 atom stereocenters. The van der Waals surface area contributed by atoms with Crippen LogP contribution in [0.2, 0.25) is 5.02 Å². The van der Waals surface area contributed by atoms with Gasteiger partial charge in [0.1, 0.15) is 5.76 Å². The second-order valence-electron chi connectivity index (χ2n) is 4.53. The minimum atomic E-state index is 0.0973. The summed E-state index contributed by atoms with van der Waals surface area (Å²) in [4.78, 5) is 12.8. The van der Waals surface area contributed by atoms with Gasteiger partial charge in [0.15, 0.2) is 0 Å². The number of benzene rings is 1. The Bertz CT molecular complexity index is 558. The molecule has 0 bridgehead atoms. The Hall–Kier alpha value is -1.04. The van der Waals surface area contributed by atoms with Crippen LogP contribution in [0.25, 0.3) is 0 Å². The van der Waals surface area contributed by atoms with Crippen molar-refractivity contribution in [1.82, 2.24) is 5.32 Å². The van der Waals surface area contributed by atoms with Crippen LogP contribution in [0.15, 0.2) is 52.0 Å². The molecule has 1 aromatic carbocycles. The summed E-state index contributed by atoms with van der Waals surface area (Å²) in [7, 11) is 0. The van der Waals surface area contributed by atoms with Crippen molar-refractivity contribution in [2.24, 2.45) is 0 Å². The molecular formula is C16H18ClNO2S2. The van der Waals surface area contributed by atoms with Crippen molar-refractivity contribution >= 4 is 41.0 Å². The summed E-state index contributed by atoms with van der Waals surface area (Å²) in [6, 6.07) is 11.5. The number of hydrogen-bond donors (Lipinski definition) is 1. The molecule has 2 rings (SSSR count). The highest BCUT2D eigenvalue weighted by molar-refractivity contribution is 7.99. The molecule has 1 amide bonds. The molecule has 0 aliphatic rings. The molecule has 0 aliphatic carbocycles. The predicted octanol–water partition coefficient (Wildman–Crippen LogP) is 4.46. The Morgan fingerprint density at radius 1 is 1.18 bits per heavy atom. The lowest BCUT2D eigenvalue weighted by atomic mass is 10.4. The zero-order valence-electron chi connectivity index (χ0n) is 12.1. The standard InChI is InChI=1S/C16H18ClNO2S2/c17-13-3-5-15(6-4-13)22-10-7-16(19)18-8-11-21-12-14-2-1-9-20-14/h1-6,9H,7-8,10-12H2,(H,18,19). The Labute approximate surface area is 144 Å². The van der Waals surface area contributed by atoms with E-state index >= 15 is 0 Å². The molecule has 0 saturated carbocycles. The highest BCUT2D eigenvalue weighted by Gasteiger charge is 2.02. The van der Waals surface area contributed by atoms with Gasteiger partial charge in [0, 0.05) is 34.4 Å². The molecule has 0 radical (unpaired) electrons. The summed E-state index contributed by atoms with van der Waals surface area (Å²) in [5, 5.41) is 3.66. The van der Waals surface area contributed by atoms with Crippen molar-refractivity contribution in [2.75, 3.05) is 18.1 Å². The fourth-order valence-corrected chi connectivity index (χ4v) is 3.44. The third-order valence-electron chi connectivity index (χ3n) is 2.80. The molecule has 2 aromatic rings. The van der Waals surface area contributed by atoms with Crippen LogP contribution in [-0.4, -0.2) is 24.0 Å². The van der Waals surface area contributed by atoms with Gasteiger partial charge in [-0.1, -0.05) is 11.6 Å². The first kappa shape index (κ1) is 17.3. The minimum Gasteiger partial charge on any atom is -0.468 e. The molecule has 1 aromatic heterocycles. The SMILES string of the molecule is O=C(CCSc1ccc(Cl)cc1)NCCSCc1ccco1. The maximum Gasteiger partial charge on any atom is 0.220 e. The van der Waals surface area contributed by atoms with E-state index in [2.05, 4.69) is 5.32 Å². The van der Waals surface area contributed by atoms with E-state index in [1.807, 2.05) is 36.4 Å². The van der Waals surface area contributed by atoms with E-state index in [9.17, 15) is 4.79 Å². The molecule has 0 unspecified atom stereocenters. The third-order valence-corrected chi connectivity index (χ3v) is 5.05. The van der Waals surface area contributed by atoms with Crippen molar-refractivity contribution in [3.8, 4) is 0 Å². The van der Waals surface area contributed by atoms with Crippen LogP contribution in [0.5, 0.6) is 0 Å². The summed E-state index contributed by atoms with van der Waals surface area (Å²) < 4.78 is 5.24. The van der Waals surface area contributed by atoms with E-state index in [0.717, 1.165) is 32.9 Å². The number of halogens is 1. The number of nitrogens with one attached hydrogen (secondary N) is 1. The molecule has 22 heavy (non-hydrogen) atoms. The van der Waals surface area contributed by atoms with Crippen molar-refractivity contribution in [3.05, 3.63) is 53.4 Å². The van der Waals surface area contributed by atoms with Crippen LogP contribution in [0, 0.1) is 0 Å². The van der Waals surface area contributed by atoms with Crippen LogP contribution in [0.1, 0.15) is 12.2 Å². The number of furan rings is 1. The normalized spacial score (nSPS) is 10.6. The fourth-order valence-electron chi connectivity index (χ4n) is 1.71. The summed E-state index contributed by atoms with van der Waals surface area (Å²) in [5.41, 5.74) is 0. The maximum atomic E-state index is 11.7. The number of carbonyl (C=O) groups is 1. The fraction of sp³-hybridized carbons (Fsp3) is 0.312. The maximum absolute atomic E-state index is 11.7. The molecule has 0 saturated heterocycles. The van der Waals surface area contributed by atoms with Gasteiger partial charge in [-0.2, -0.15) is 11.8 Å². The highest BCUT2D eigenvalue weighted by Crippen LogP contribution is 2.20. The zero-order chi connectivity index (χ0) is 15.6. The summed E-state index contributed by atoms with van der Waals surface area (Å²) in [6.07, 6.45) is 2.20. The van der Waals surface area contributed by atoms with E-state index in [1.54, 1.807) is 29.8 Å². The zero-order valence-corrected chi connectivity index (χ0v) is 14.5. The van der Waals surface area contributed by atoms with Crippen LogP contribution in [-0.2, 0) is 10.5 Å². The molecule has 1 N–H and O–H groups in total. The van der Waals surface area contributed by atoms with Gasteiger partial charge in [0.05, 0.1) is 12.0 Å². The van der Waals surface area contributed by atoms with Gasteiger partial charge in [-0.3, -0.25) is 4.79 Å². The van der Waals surface area contributed by atoms with E-state index < -0.39 is 0 Å². The summed E-state index contributed by atoms with van der Waals surface area (Å²) in [5.74, 6) is 3.56. The lowest BCUT2D eigenvalue weighted by molar-refractivity contribution is -0.120. The molecule has 6 heteroatoms.